The molecule has 15 heavy (non-hydrogen) atoms. The first-order chi connectivity index (χ1) is 6.79. The van der Waals surface area contributed by atoms with Crippen LogP contribution in [0.2, 0.25) is 0 Å². The van der Waals surface area contributed by atoms with E-state index >= 15 is 0 Å². The van der Waals surface area contributed by atoms with Gasteiger partial charge in [0.05, 0.1) is 5.41 Å². The van der Waals surface area contributed by atoms with Crippen molar-refractivity contribution in [2.75, 3.05) is 0 Å². The van der Waals surface area contributed by atoms with Crippen molar-refractivity contribution in [1.82, 2.24) is 4.98 Å². The lowest BCUT2D eigenvalue weighted by atomic mass is 9.84. The summed E-state index contributed by atoms with van der Waals surface area (Å²) in [5.74, 6) is 0. The van der Waals surface area contributed by atoms with Crippen molar-refractivity contribution in [2.24, 2.45) is 5.73 Å². The Hall–Kier alpha value is -1.10. The third kappa shape index (κ3) is 2.28. The quantitative estimate of drug-likeness (QED) is 0.827. The van der Waals surface area contributed by atoms with Crippen molar-refractivity contribution in [1.29, 1.82) is 0 Å². The van der Waals surface area contributed by atoms with Crippen LogP contribution in [0.5, 0.6) is 0 Å². The third-order valence-corrected chi connectivity index (χ3v) is 2.46. The van der Waals surface area contributed by atoms with Crippen LogP contribution in [0.4, 0.5) is 13.2 Å². The molecular weight excluding hydrogens is 205 g/mol. The molecule has 1 aromatic heterocycles. The van der Waals surface area contributed by atoms with Crippen LogP contribution < -0.4 is 5.73 Å². The van der Waals surface area contributed by atoms with Crippen molar-refractivity contribution < 1.29 is 13.2 Å². The van der Waals surface area contributed by atoms with E-state index in [0.29, 0.717) is 5.56 Å². The summed E-state index contributed by atoms with van der Waals surface area (Å²) in [6, 6.07) is 1.44. The normalized spacial score (nSPS) is 12.9. The lowest BCUT2D eigenvalue weighted by Gasteiger charge is -2.28. The van der Waals surface area contributed by atoms with Gasteiger partial charge in [0.2, 0.25) is 0 Å². The van der Waals surface area contributed by atoms with E-state index in [1.807, 2.05) is 0 Å². The molecule has 1 rings (SSSR count). The van der Waals surface area contributed by atoms with E-state index in [4.69, 9.17) is 5.73 Å². The average molecular weight is 218 g/mol. The number of nitrogens with two attached hydrogens (primary N) is 1. The van der Waals surface area contributed by atoms with Gasteiger partial charge in [0, 0.05) is 18.9 Å². The van der Waals surface area contributed by atoms with Gasteiger partial charge in [0.15, 0.2) is 0 Å². The molecule has 0 unspecified atom stereocenters. The molecule has 1 heterocycles. The fourth-order valence-corrected chi connectivity index (χ4v) is 1.10. The molecule has 0 aromatic carbocycles. The standard InChI is InChI=1S/C10H13F3N2/c1-9(2,10(11,12)13)8-3-7(4-14)5-15-6-8/h3,5-6H,4,14H2,1-2H3. The van der Waals surface area contributed by atoms with E-state index in [1.165, 1.54) is 18.5 Å². The van der Waals surface area contributed by atoms with E-state index in [1.54, 1.807) is 0 Å². The predicted molar refractivity (Wildman–Crippen MR) is 51.2 cm³/mol. The summed E-state index contributed by atoms with van der Waals surface area (Å²) in [4.78, 5) is 3.76. The van der Waals surface area contributed by atoms with E-state index in [0.717, 1.165) is 13.8 Å². The summed E-state index contributed by atoms with van der Waals surface area (Å²) in [6.07, 6.45) is -1.59. The first kappa shape index (κ1) is 12.0. The molecule has 2 nitrogen and oxygen atoms in total. The molecular formula is C10H13F3N2. The van der Waals surface area contributed by atoms with Crippen molar-refractivity contribution in [3.63, 3.8) is 0 Å². The SMILES string of the molecule is CC(C)(c1cncc(CN)c1)C(F)(F)F. The lowest BCUT2D eigenvalue weighted by Crippen LogP contribution is -2.36. The molecule has 0 aliphatic rings. The lowest BCUT2D eigenvalue weighted by molar-refractivity contribution is -0.180. The maximum Gasteiger partial charge on any atom is 0.397 e. The number of rotatable bonds is 2. The number of hydrogen-bond acceptors (Lipinski definition) is 2. The van der Waals surface area contributed by atoms with Crippen LogP contribution in [0.15, 0.2) is 18.5 Å². The molecule has 0 spiro atoms. The van der Waals surface area contributed by atoms with Gasteiger partial charge in [0.1, 0.15) is 0 Å². The molecule has 0 aliphatic heterocycles. The number of aromatic nitrogens is 1. The molecule has 84 valence electrons. The molecule has 5 heteroatoms. The van der Waals surface area contributed by atoms with Crippen LogP contribution in [0.3, 0.4) is 0 Å². The smallest absolute Gasteiger partial charge is 0.326 e. The molecule has 0 bridgehead atoms. The zero-order valence-corrected chi connectivity index (χ0v) is 8.60. The molecule has 0 fully saturated rings. The Morgan fingerprint density at radius 1 is 1.27 bits per heavy atom. The Morgan fingerprint density at radius 3 is 2.33 bits per heavy atom. The topological polar surface area (TPSA) is 38.9 Å². The van der Waals surface area contributed by atoms with Gasteiger partial charge >= 0.3 is 6.18 Å². The van der Waals surface area contributed by atoms with E-state index in [9.17, 15) is 13.2 Å². The summed E-state index contributed by atoms with van der Waals surface area (Å²) in [5, 5.41) is 0. The van der Waals surface area contributed by atoms with Crippen LogP contribution >= 0.6 is 0 Å². The minimum atomic E-state index is -4.29. The minimum Gasteiger partial charge on any atom is -0.326 e. The maximum atomic E-state index is 12.7. The largest absolute Gasteiger partial charge is 0.397 e. The highest BCUT2D eigenvalue weighted by Gasteiger charge is 2.48. The van der Waals surface area contributed by atoms with Gasteiger partial charge in [-0.05, 0) is 25.0 Å². The van der Waals surface area contributed by atoms with Crippen molar-refractivity contribution >= 4 is 0 Å². The Morgan fingerprint density at radius 2 is 1.87 bits per heavy atom. The van der Waals surface area contributed by atoms with Crippen LogP contribution in [-0.2, 0) is 12.0 Å². The van der Waals surface area contributed by atoms with E-state index in [-0.39, 0.29) is 12.1 Å². The fourth-order valence-electron chi connectivity index (χ4n) is 1.10. The van der Waals surface area contributed by atoms with Crippen molar-refractivity contribution in [3.05, 3.63) is 29.6 Å². The predicted octanol–water partition coefficient (Wildman–Crippen LogP) is 2.38. The summed E-state index contributed by atoms with van der Waals surface area (Å²) in [5.41, 5.74) is 4.19. The second-order valence-electron chi connectivity index (χ2n) is 3.91. The summed E-state index contributed by atoms with van der Waals surface area (Å²) >= 11 is 0. The number of alkyl halides is 3. The van der Waals surface area contributed by atoms with Crippen molar-refractivity contribution in [3.8, 4) is 0 Å². The van der Waals surface area contributed by atoms with Gasteiger partial charge in [-0.2, -0.15) is 13.2 Å². The summed E-state index contributed by atoms with van der Waals surface area (Å²) in [7, 11) is 0. The highest BCUT2D eigenvalue weighted by Crippen LogP contribution is 2.40. The average Bonchev–Trinajstić information content (AvgIpc) is 2.16. The number of hydrogen-bond donors (Lipinski definition) is 1. The van der Waals surface area contributed by atoms with Crippen LogP contribution in [0, 0.1) is 0 Å². The Kier molecular flexibility index (Phi) is 3.04. The van der Waals surface area contributed by atoms with Gasteiger partial charge in [-0.3, -0.25) is 4.98 Å². The van der Waals surface area contributed by atoms with E-state index < -0.39 is 11.6 Å². The van der Waals surface area contributed by atoms with Gasteiger partial charge in [0.25, 0.3) is 0 Å². The first-order valence-corrected chi connectivity index (χ1v) is 4.50. The van der Waals surface area contributed by atoms with Crippen molar-refractivity contribution in [2.45, 2.75) is 32.0 Å². The molecule has 0 amide bonds. The second-order valence-corrected chi connectivity index (χ2v) is 3.91. The summed E-state index contributed by atoms with van der Waals surface area (Å²) < 4.78 is 38.1. The Balaban J connectivity index is 3.15. The van der Waals surface area contributed by atoms with Gasteiger partial charge < -0.3 is 5.73 Å². The molecule has 0 saturated carbocycles. The van der Waals surface area contributed by atoms with E-state index in [2.05, 4.69) is 4.98 Å². The minimum absolute atomic E-state index is 0.137. The number of halogens is 3. The second kappa shape index (κ2) is 3.81. The first-order valence-electron chi connectivity index (χ1n) is 4.50. The zero-order valence-electron chi connectivity index (χ0n) is 8.60. The Labute approximate surface area is 86.3 Å². The van der Waals surface area contributed by atoms with Crippen LogP contribution in [0.1, 0.15) is 25.0 Å². The molecule has 0 aliphatic carbocycles. The van der Waals surface area contributed by atoms with Crippen LogP contribution in [-0.4, -0.2) is 11.2 Å². The van der Waals surface area contributed by atoms with Gasteiger partial charge in [-0.25, -0.2) is 0 Å². The van der Waals surface area contributed by atoms with Gasteiger partial charge in [-0.1, -0.05) is 6.07 Å². The maximum absolute atomic E-state index is 12.7. The van der Waals surface area contributed by atoms with Gasteiger partial charge in [-0.15, -0.1) is 0 Å². The highest BCUT2D eigenvalue weighted by molar-refractivity contribution is 5.26. The highest BCUT2D eigenvalue weighted by atomic mass is 19.4. The molecule has 1 aromatic rings. The molecule has 0 saturated heterocycles. The fraction of sp³-hybridized carbons (Fsp3) is 0.500. The van der Waals surface area contributed by atoms with Crippen LogP contribution in [0.25, 0.3) is 0 Å². The summed E-state index contributed by atoms with van der Waals surface area (Å²) in [6.45, 7) is 2.45. The number of nitrogens with zero attached hydrogens (tertiary/aromatic N) is 1. The molecule has 0 radical (unpaired) electrons. The molecule has 0 atom stereocenters. The zero-order chi connectivity index (χ0) is 11.7. The monoisotopic (exact) mass is 218 g/mol. The third-order valence-electron chi connectivity index (χ3n) is 2.46. The number of pyridine rings is 1. The molecule has 2 N–H and O–H groups in total. The Bertz CT molecular complexity index is 345.